The van der Waals surface area contributed by atoms with Crippen LogP contribution in [-0.4, -0.2) is 4.57 Å². The number of nitrogens with zero attached hydrogens (tertiary/aromatic N) is 2. The second-order valence-electron chi connectivity index (χ2n) is 12.9. The topological polar surface area (TPSA) is 8.17 Å². The lowest BCUT2D eigenvalue weighted by atomic mass is 10.0. The van der Waals surface area contributed by atoms with Gasteiger partial charge in [0.2, 0.25) is 0 Å². The fraction of sp³-hybridized carbons (Fsp3) is 0.0204. The Morgan fingerprint density at radius 3 is 1.25 bits per heavy atom. The van der Waals surface area contributed by atoms with Gasteiger partial charge < -0.3 is 9.47 Å². The van der Waals surface area contributed by atoms with Crippen molar-refractivity contribution in [3.63, 3.8) is 0 Å². The van der Waals surface area contributed by atoms with Gasteiger partial charge in [0.1, 0.15) is 0 Å². The highest BCUT2D eigenvalue weighted by Gasteiger charge is 2.15. The van der Waals surface area contributed by atoms with Gasteiger partial charge in [-0.3, -0.25) is 0 Å². The molecule has 2 heteroatoms. The van der Waals surface area contributed by atoms with Crippen molar-refractivity contribution >= 4 is 50.1 Å². The molecule has 0 amide bonds. The molecule has 1 aliphatic carbocycles. The number of hydrogen-bond acceptors (Lipinski definition) is 1. The molecule has 0 unspecified atom stereocenters. The molecule has 2 nitrogen and oxygen atoms in total. The Labute approximate surface area is 299 Å². The summed E-state index contributed by atoms with van der Waals surface area (Å²) in [7, 11) is 0. The van der Waals surface area contributed by atoms with Gasteiger partial charge in [-0.2, -0.15) is 0 Å². The summed E-state index contributed by atoms with van der Waals surface area (Å²) in [5.41, 5.74) is 14.3. The van der Waals surface area contributed by atoms with E-state index in [1.807, 2.05) is 0 Å². The van der Waals surface area contributed by atoms with E-state index in [2.05, 4.69) is 216 Å². The van der Waals surface area contributed by atoms with Crippen LogP contribution in [-0.2, 0) is 0 Å². The van der Waals surface area contributed by atoms with Crippen LogP contribution in [0.5, 0.6) is 0 Å². The Morgan fingerprint density at radius 2 is 0.765 bits per heavy atom. The molecule has 8 aromatic rings. The lowest BCUT2D eigenvalue weighted by Crippen LogP contribution is -2.09. The molecule has 0 spiro atoms. The normalized spacial score (nSPS) is 12.8. The molecule has 0 radical (unpaired) electrons. The standard InChI is InChI=1S/C49H36N2/c1-3-12-36(13-4-1)39-23-30-43(31-24-39)50(44-32-25-40(26-33-44)37-14-5-2-6-15-37)45-34-27-41(28-35-45)38-16-11-17-42(29-22-38)51-48-20-9-7-18-46(48)47-19-8-10-21-49(47)51/h1-10,12-35H,11H2. The second-order valence-corrected chi connectivity index (χ2v) is 12.9. The average Bonchev–Trinajstić information content (AvgIpc) is 3.34. The second kappa shape index (κ2) is 13.3. The van der Waals surface area contributed by atoms with Crippen molar-refractivity contribution in [2.24, 2.45) is 0 Å². The van der Waals surface area contributed by atoms with E-state index >= 15 is 0 Å². The van der Waals surface area contributed by atoms with Crippen LogP contribution in [0.4, 0.5) is 17.1 Å². The zero-order chi connectivity index (χ0) is 34.0. The van der Waals surface area contributed by atoms with Crippen molar-refractivity contribution in [2.75, 3.05) is 4.90 Å². The summed E-state index contributed by atoms with van der Waals surface area (Å²) in [6, 6.07) is 65.2. The molecular formula is C49H36N2. The van der Waals surface area contributed by atoms with Gasteiger partial charge in [-0.05, 0) is 94.4 Å². The Hall–Kier alpha value is -6.64. The highest BCUT2D eigenvalue weighted by atomic mass is 15.1. The van der Waals surface area contributed by atoms with Crippen molar-refractivity contribution in [2.45, 2.75) is 6.42 Å². The van der Waals surface area contributed by atoms with Crippen molar-refractivity contribution in [1.29, 1.82) is 0 Å². The van der Waals surface area contributed by atoms with Gasteiger partial charge in [0, 0.05) is 33.5 Å². The number of fused-ring (bicyclic) bond motifs is 3. The van der Waals surface area contributed by atoms with Gasteiger partial charge in [-0.1, -0.05) is 152 Å². The van der Waals surface area contributed by atoms with Crippen molar-refractivity contribution in [3.05, 3.63) is 212 Å². The zero-order valence-corrected chi connectivity index (χ0v) is 28.2. The van der Waals surface area contributed by atoms with E-state index in [0.29, 0.717) is 0 Å². The van der Waals surface area contributed by atoms with Crippen LogP contribution in [0.2, 0.25) is 0 Å². The van der Waals surface area contributed by atoms with E-state index < -0.39 is 0 Å². The van der Waals surface area contributed by atoms with Crippen LogP contribution in [0.25, 0.3) is 55.3 Å². The van der Waals surface area contributed by atoms with Gasteiger partial charge in [0.25, 0.3) is 0 Å². The van der Waals surface area contributed by atoms with Crippen molar-refractivity contribution in [3.8, 4) is 22.3 Å². The first-order chi connectivity index (χ1) is 25.3. The molecule has 1 aliphatic rings. The third kappa shape index (κ3) is 5.88. The number of hydrogen-bond donors (Lipinski definition) is 0. The van der Waals surface area contributed by atoms with E-state index in [9.17, 15) is 0 Å². The average molecular weight is 653 g/mol. The molecule has 51 heavy (non-hydrogen) atoms. The number of benzene rings is 7. The van der Waals surface area contributed by atoms with E-state index in [1.54, 1.807) is 0 Å². The molecule has 0 saturated carbocycles. The SMILES string of the molecule is C1=CC(n2c3ccccc3c3ccccc32)=CCC=C1c1ccc(N(c2ccc(-c3ccccc3)cc2)c2ccc(-c3ccccc3)cc2)cc1. The van der Waals surface area contributed by atoms with Gasteiger partial charge in [0.15, 0.2) is 0 Å². The van der Waals surface area contributed by atoms with Crippen LogP contribution in [0.1, 0.15) is 12.0 Å². The molecular weight excluding hydrogens is 617 g/mol. The maximum Gasteiger partial charge on any atom is 0.0540 e. The van der Waals surface area contributed by atoms with Crippen LogP contribution in [0, 0.1) is 0 Å². The Balaban J connectivity index is 1.04. The van der Waals surface area contributed by atoms with Crippen LogP contribution in [0.3, 0.4) is 0 Å². The lowest BCUT2D eigenvalue weighted by molar-refractivity contribution is 1.22. The Kier molecular flexibility index (Phi) is 7.96. The van der Waals surface area contributed by atoms with E-state index in [-0.39, 0.29) is 0 Å². The quantitative estimate of drug-likeness (QED) is 0.166. The van der Waals surface area contributed by atoms with Gasteiger partial charge in [0.05, 0.1) is 11.0 Å². The molecule has 242 valence electrons. The molecule has 0 N–H and O–H groups in total. The fourth-order valence-corrected chi connectivity index (χ4v) is 7.32. The molecule has 0 bridgehead atoms. The van der Waals surface area contributed by atoms with Crippen LogP contribution in [0.15, 0.2) is 206 Å². The third-order valence-corrected chi connectivity index (χ3v) is 9.86. The predicted molar refractivity (Wildman–Crippen MR) is 217 cm³/mol. The number of rotatable bonds is 7. The zero-order valence-electron chi connectivity index (χ0n) is 28.2. The molecule has 0 fully saturated rings. The molecule has 9 rings (SSSR count). The van der Waals surface area contributed by atoms with Gasteiger partial charge in [-0.15, -0.1) is 0 Å². The van der Waals surface area contributed by atoms with Gasteiger partial charge in [-0.25, -0.2) is 0 Å². The highest BCUT2D eigenvalue weighted by molar-refractivity contribution is 6.10. The molecule has 0 aliphatic heterocycles. The number of para-hydroxylation sites is 2. The molecule has 0 saturated heterocycles. The van der Waals surface area contributed by atoms with E-state index in [1.165, 1.54) is 60.9 Å². The highest BCUT2D eigenvalue weighted by Crippen LogP contribution is 2.38. The summed E-state index contributed by atoms with van der Waals surface area (Å²) in [6.07, 6.45) is 10.0. The van der Waals surface area contributed by atoms with Crippen molar-refractivity contribution in [1.82, 2.24) is 4.57 Å². The lowest BCUT2D eigenvalue weighted by Gasteiger charge is -2.26. The molecule has 7 aromatic carbocycles. The first-order valence-electron chi connectivity index (χ1n) is 17.6. The van der Waals surface area contributed by atoms with E-state index in [0.717, 1.165) is 23.5 Å². The van der Waals surface area contributed by atoms with Crippen molar-refractivity contribution < 1.29 is 0 Å². The monoisotopic (exact) mass is 652 g/mol. The summed E-state index contributed by atoms with van der Waals surface area (Å²) in [6.45, 7) is 0. The summed E-state index contributed by atoms with van der Waals surface area (Å²) in [4.78, 5) is 2.34. The fourth-order valence-electron chi connectivity index (χ4n) is 7.32. The minimum atomic E-state index is 0.855. The minimum Gasteiger partial charge on any atom is -0.311 e. The molecule has 0 atom stereocenters. The first kappa shape index (κ1) is 30.4. The maximum absolute atomic E-state index is 2.39. The summed E-state index contributed by atoms with van der Waals surface area (Å²) in [5, 5.41) is 2.56. The molecule has 1 aromatic heterocycles. The first-order valence-corrected chi connectivity index (χ1v) is 17.6. The number of anilines is 3. The molecule has 1 heterocycles. The summed E-state index contributed by atoms with van der Waals surface area (Å²) < 4.78 is 2.39. The Bertz CT molecular complexity index is 2420. The number of allylic oxidation sites excluding steroid dienone is 6. The third-order valence-electron chi connectivity index (χ3n) is 9.86. The van der Waals surface area contributed by atoms with Gasteiger partial charge >= 0.3 is 0 Å². The minimum absolute atomic E-state index is 0.855. The largest absolute Gasteiger partial charge is 0.311 e. The van der Waals surface area contributed by atoms with Crippen LogP contribution >= 0.6 is 0 Å². The Morgan fingerprint density at radius 1 is 0.353 bits per heavy atom. The van der Waals surface area contributed by atoms with Crippen LogP contribution < -0.4 is 4.90 Å². The predicted octanol–water partition coefficient (Wildman–Crippen LogP) is 13.5. The smallest absolute Gasteiger partial charge is 0.0540 e. The maximum atomic E-state index is 2.39. The number of aromatic nitrogens is 1. The summed E-state index contributed by atoms with van der Waals surface area (Å²) >= 11 is 0. The van der Waals surface area contributed by atoms with E-state index in [4.69, 9.17) is 0 Å². The summed E-state index contributed by atoms with van der Waals surface area (Å²) in [5.74, 6) is 0.